The fourth-order valence-corrected chi connectivity index (χ4v) is 2.07. The molecule has 2 rings (SSSR count). The number of rotatable bonds is 5. The van der Waals surface area contributed by atoms with Gasteiger partial charge >= 0.3 is 0 Å². The monoisotopic (exact) mass is 393 g/mol. The number of allylic oxidation sites excluding steroid dienone is 8. The van der Waals surface area contributed by atoms with Crippen LogP contribution in [0.1, 0.15) is 12.5 Å². The number of aromatic nitrogens is 2. The van der Waals surface area contributed by atoms with Crippen LogP contribution in [0.4, 0.5) is 13.2 Å². The quantitative estimate of drug-likeness (QED) is 0.520. The van der Waals surface area contributed by atoms with Crippen molar-refractivity contribution in [3.63, 3.8) is 0 Å². The predicted octanol–water partition coefficient (Wildman–Crippen LogP) is 5.02. The maximum atomic E-state index is 14.2. The second-order valence-corrected chi connectivity index (χ2v) is 6.29. The van der Waals surface area contributed by atoms with Crippen molar-refractivity contribution >= 4 is 20.8 Å². The zero-order chi connectivity index (χ0) is 20.0. The van der Waals surface area contributed by atoms with Gasteiger partial charge in [-0.05, 0) is 31.2 Å². The normalized spacial score (nSPS) is 19.1. The molecule has 1 aromatic rings. The minimum Gasteiger partial charge on any atom is -0.473 e. The standard InChI is InChI=1S/C19H19F3N3OP/c1-4-16(20)17(10-13(2)19(21,22)27)25-12-15(11-23-25)18-24-14(3)8-6-5-7-9-26-18/h4-8,10-12H,1,3,9,27H2,2H3/b7-5-,8-6-,13-10+,17-16-,24-18?. The smallest absolute Gasteiger partial charge is 0.280 e. The molecule has 0 aliphatic carbocycles. The summed E-state index contributed by atoms with van der Waals surface area (Å²) in [5, 5.41) is 4.05. The second kappa shape index (κ2) is 8.82. The Kier molecular flexibility index (Phi) is 6.75. The first kappa shape index (κ1) is 20.6. The van der Waals surface area contributed by atoms with E-state index in [2.05, 4.69) is 23.2 Å². The van der Waals surface area contributed by atoms with E-state index in [4.69, 9.17) is 4.74 Å². The number of hydrogen-bond donors (Lipinski definition) is 0. The molecule has 0 N–H and O–H groups in total. The average molecular weight is 393 g/mol. The summed E-state index contributed by atoms with van der Waals surface area (Å²) in [6.45, 7) is 8.60. The Labute approximate surface area is 158 Å². The molecule has 0 fully saturated rings. The van der Waals surface area contributed by atoms with Gasteiger partial charge in [-0.25, -0.2) is 14.1 Å². The lowest BCUT2D eigenvalue weighted by Crippen LogP contribution is -2.08. The average Bonchev–Trinajstić information content (AvgIpc) is 3.11. The molecule has 0 spiro atoms. The van der Waals surface area contributed by atoms with Gasteiger partial charge in [-0.15, -0.1) is 0 Å². The van der Waals surface area contributed by atoms with E-state index >= 15 is 0 Å². The van der Waals surface area contributed by atoms with Gasteiger partial charge in [-0.1, -0.05) is 34.5 Å². The van der Waals surface area contributed by atoms with E-state index in [1.165, 1.54) is 28.6 Å². The molecule has 0 saturated heterocycles. The molecule has 2 heterocycles. The molecule has 0 bridgehead atoms. The van der Waals surface area contributed by atoms with E-state index in [-0.39, 0.29) is 23.8 Å². The summed E-state index contributed by atoms with van der Waals surface area (Å²) in [6.07, 6.45) is 11.8. The Bertz CT molecular complexity index is 886. The maximum Gasteiger partial charge on any atom is 0.280 e. The molecule has 1 unspecified atom stereocenters. The fraction of sp³-hybridized carbons (Fsp3) is 0.158. The molecule has 0 amide bonds. The molecule has 8 heteroatoms. The van der Waals surface area contributed by atoms with Crippen molar-refractivity contribution in [2.75, 3.05) is 6.61 Å². The fourth-order valence-electron chi connectivity index (χ4n) is 1.99. The van der Waals surface area contributed by atoms with Crippen LogP contribution in [0.5, 0.6) is 0 Å². The van der Waals surface area contributed by atoms with Crippen LogP contribution in [0.3, 0.4) is 0 Å². The number of hydrogen-bond acceptors (Lipinski definition) is 3. The first-order chi connectivity index (χ1) is 12.7. The Balaban J connectivity index is 2.45. The zero-order valence-corrected chi connectivity index (χ0v) is 15.9. The number of ether oxygens (including phenoxy) is 1. The minimum absolute atomic E-state index is 0.182. The summed E-state index contributed by atoms with van der Waals surface area (Å²) < 4.78 is 47.8. The van der Waals surface area contributed by atoms with Crippen molar-refractivity contribution in [1.82, 2.24) is 9.78 Å². The Hall–Kier alpha value is -2.66. The Morgan fingerprint density at radius 2 is 2.15 bits per heavy atom. The summed E-state index contributed by atoms with van der Waals surface area (Å²) in [5.41, 5.74) is -2.81. The molecule has 0 radical (unpaired) electrons. The molecule has 27 heavy (non-hydrogen) atoms. The lowest BCUT2D eigenvalue weighted by molar-refractivity contribution is 0.147. The molecule has 4 nitrogen and oxygen atoms in total. The number of nitrogens with zero attached hydrogens (tertiary/aromatic N) is 3. The summed E-state index contributed by atoms with van der Waals surface area (Å²) in [4.78, 5) is 4.26. The molecule has 1 atom stereocenters. The van der Waals surface area contributed by atoms with Gasteiger partial charge in [0.05, 0.1) is 17.5 Å². The molecule has 142 valence electrons. The highest BCUT2D eigenvalue weighted by atomic mass is 31.0. The Morgan fingerprint density at radius 1 is 1.41 bits per heavy atom. The van der Waals surface area contributed by atoms with E-state index in [1.807, 2.05) is 0 Å². The van der Waals surface area contributed by atoms with Crippen molar-refractivity contribution < 1.29 is 17.9 Å². The topological polar surface area (TPSA) is 39.4 Å². The van der Waals surface area contributed by atoms with Gasteiger partial charge in [0.2, 0.25) is 5.90 Å². The van der Waals surface area contributed by atoms with Crippen molar-refractivity contribution in [1.29, 1.82) is 0 Å². The Morgan fingerprint density at radius 3 is 2.81 bits per heavy atom. The van der Waals surface area contributed by atoms with Crippen LogP contribution in [0.2, 0.25) is 0 Å². The number of halogens is 3. The third-order valence-corrected chi connectivity index (χ3v) is 3.93. The lowest BCUT2D eigenvalue weighted by Gasteiger charge is -2.12. The molecule has 1 aromatic heterocycles. The molecule has 0 saturated carbocycles. The molecule has 1 aliphatic heterocycles. The van der Waals surface area contributed by atoms with E-state index in [0.29, 0.717) is 11.3 Å². The third kappa shape index (κ3) is 5.66. The van der Waals surface area contributed by atoms with Crippen LogP contribution in [0.25, 0.3) is 5.70 Å². The highest BCUT2D eigenvalue weighted by Gasteiger charge is 2.25. The number of alkyl halides is 2. The van der Waals surface area contributed by atoms with Crippen LogP contribution in [0.15, 0.2) is 84.1 Å². The van der Waals surface area contributed by atoms with Gasteiger partial charge in [0.25, 0.3) is 5.66 Å². The maximum absolute atomic E-state index is 14.2. The molecule has 1 aliphatic rings. The van der Waals surface area contributed by atoms with Crippen LogP contribution < -0.4 is 0 Å². The summed E-state index contributed by atoms with van der Waals surface area (Å²) >= 11 is 0. The third-order valence-electron chi connectivity index (χ3n) is 3.48. The highest BCUT2D eigenvalue weighted by molar-refractivity contribution is 7.18. The largest absolute Gasteiger partial charge is 0.473 e. The van der Waals surface area contributed by atoms with Crippen molar-refractivity contribution in [3.8, 4) is 0 Å². The first-order valence-electron chi connectivity index (χ1n) is 7.89. The molecule has 0 aromatic carbocycles. The van der Waals surface area contributed by atoms with Gasteiger partial charge in [-0.2, -0.15) is 13.9 Å². The van der Waals surface area contributed by atoms with Gasteiger partial charge < -0.3 is 4.74 Å². The van der Waals surface area contributed by atoms with E-state index in [1.54, 1.807) is 24.3 Å². The first-order valence-corrected chi connectivity index (χ1v) is 8.47. The van der Waals surface area contributed by atoms with Gasteiger partial charge in [0, 0.05) is 11.8 Å². The van der Waals surface area contributed by atoms with Gasteiger partial charge in [-0.3, -0.25) is 0 Å². The zero-order valence-electron chi connectivity index (χ0n) is 14.7. The van der Waals surface area contributed by atoms with Crippen LogP contribution in [-0.2, 0) is 4.74 Å². The van der Waals surface area contributed by atoms with E-state index in [9.17, 15) is 13.2 Å². The summed E-state index contributed by atoms with van der Waals surface area (Å²) in [6, 6.07) is 0. The number of aliphatic imine (C=N–C) groups is 1. The van der Waals surface area contributed by atoms with Gasteiger partial charge in [0.1, 0.15) is 18.1 Å². The van der Waals surface area contributed by atoms with E-state index < -0.39 is 11.5 Å². The molecular formula is C19H19F3N3OP. The SMILES string of the molecule is C=C/C(F)=C(\C=C(/C)C(F)(F)P)n1cc(C2=NC(=C)/C=C\C=C/CO2)cn1. The summed E-state index contributed by atoms with van der Waals surface area (Å²) in [5.74, 6) is -0.566. The lowest BCUT2D eigenvalue weighted by atomic mass is 10.2. The van der Waals surface area contributed by atoms with Crippen molar-refractivity contribution in [2.45, 2.75) is 12.6 Å². The van der Waals surface area contributed by atoms with Crippen LogP contribution in [-0.4, -0.2) is 27.9 Å². The van der Waals surface area contributed by atoms with Crippen LogP contribution >= 0.6 is 9.24 Å². The molecular weight excluding hydrogens is 374 g/mol. The van der Waals surface area contributed by atoms with Crippen molar-refractivity contribution in [2.24, 2.45) is 4.99 Å². The summed E-state index contributed by atoms with van der Waals surface area (Å²) in [7, 11) is 1.41. The van der Waals surface area contributed by atoms with Crippen molar-refractivity contribution in [3.05, 3.63) is 84.7 Å². The van der Waals surface area contributed by atoms with Crippen LogP contribution in [0, 0.1) is 0 Å². The van der Waals surface area contributed by atoms with Gasteiger partial charge in [0.15, 0.2) is 0 Å². The second-order valence-electron chi connectivity index (χ2n) is 5.57. The predicted molar refractivity (Wildman–Crippen MR) is 105 cm³/mol. The van der Waals surface area contributed by atoms with E-state index in [0.717, 1.165) is 16.8 Å². The minimum atomic E-state index is -3.18. The highest BCUT2D eigenvalue weighted by Crippen LogP contribution is 2.32.